The molecular formula is C15H19NO3. The van der Waals surface area contributed by atoms with Crippen molar-refractivity contribution in [3.05, 3.63) is 34.9 Å². The fourth-order valence-corrected chi connectivity index (χ4v) is 2.20. The molecule has 102 valence electrons. The monoisotopic (exact) mass is 261 g/mol. The number of hydrogen-bond acceptors (Lipinski definition) is 2. The summed E-state index contributed by atoms with van der Waals surface area (Å²) in [6.45, 7) is 3.93. The van der Waals surface area contributed by atoms with Gasteiger partial charge in [0, 0.05) is 0 Å². The van der Waals surface area contributed by atoms with Crippen LogP contribution in [0.1, 0.15) is 29.5 Å². The number of carbonyl (C=O) groups excluding carboxylic acids is 1. The summed E-state index contributed by atoms with van der Waals surface area (Å²) in [5.41, 5.74) is 3.11. The minimum absolute atomic E-state index is 0.111. The molecule has 1 fully saturated rings. The number of amides is 1. The average Bonchev–Trinajstić information content (AvgIpc) is 3.14. The molecule has 2 N–H and O–H groups in total. The van der Waals surface area contributed by atoms with Crippen LogP contribution in [0.25, 0.3) is 0 Å². The topological polar surface area (TPSA) is 66.4 Å². The summed E-state index contributed by atoms with van der Waals surface area (Å²) in [5, 5.41) is 11.7. The highest BCUT2D eigenvalue weighted by atomic mass is 16.4. The van der Waals surface area contributed by atoms with Crippen molar-refractivity contribution in [1.82, 2.24) is 5.32 Å². The van der Waals surface area contributed by atoms with Crippen molar-refractivity contribution in [3.63, 3.8) is 0 Å². The van der Waals surface area contributed by atoms with Gasteiger partial charge in [0.25, 0.3) is 0 Å². The summed E-state index contributed by atoms with van der Waals surface area (Å²) >= 11 is 0. The van der Waals surface area contributed by atoms with Gasteiger partial charge in [0.15, 0.2) is 0 Å². The molecule has 1 aliphatic rings. The molecule has 0 saturated heterocycles. The lowest BCUT2D eigenvalue weighted by molar-refractivity contribution is -0.142. The van der Waals surface area contributed by atoms with Crippen LogP contribution in [0.4, 0.5) is 0 Å². The summed E-state index contributed by atoms with van der Waals surface area (Å²) in [4.78, 5) is 23.0. The highest BCUT2D eigenvalue weighted by Gasteiger charge is 2.37. The van der Waals surface area contributed by atoms with E-state index in [0.29, 0.717) is 0 Å². The minimum Gasteiger partial charge on any atom is -0.480 e. The standard InChI is InChI=1S/C15H19NO3/c1-9-3-4-10(2)12(7-9)8-13(17)16-14(15(18)19)11-5-6-11/h3-4,7,11,14H,5-6,8H2,1-2H3,(H,16,17)(H,18,19). The van der Waals surface area contributed by atoms with Crippen LogP contribution in [-0.4, -0.2) is 23.0 Å². The van der Waals surface area contributed by atoms with Crippen LogP contribution in [0, 0.1) is 19.8 Å². The molecule has 2 rings (SSSR count). The van der Waals surface area contributed by atoms with Crippen molar-refractivity contribution in [2.24, 2.45) is 5.92 Å². The molecule has 1 aromatic carbocycles. The van der Waals surface area contributed by atoms with Gasteiger partial charge in [-0.3, -0.25) is 4.79 Å². The Morgan fingerprint density at radius 3 is 2.63 bits per heavy atom. The summed E-state index contributed by atoms with van der Waals surface area (Å²) in [6.07, 6.45) is 2.02. The van der Waals surface area contributed by atoms with Gasteiger partial charge >= 0.3 is 5.97 Å². The molecule has 1 amide bonds. The zero-order chi connectivity index (χ0) is 14.0. The highest BCUT2D eigenvalue weighted by Crippen LogP contribution is 2.32. The van der Waals surface area contributed by atoms with E-state index in [-0.39, 0.29) is 18.2 Å². The van der Waals surface area contributed by atoms with Crippen LogP contribution in [-0.2, 0) is 16.0 Å². The zero-order valence-electron chi connectivity index (χ0n) is 11.3. The smallest absolute Gasteiger partial charge is 0.326 e. The van der Waals surface area contributed by atoms with Crippen molar-refractivity contribution in [1.29, 1.82) is 0 Å². The zero-order valence-corrected chi connectivity index (χ0v) is 11.3. The van der Waals surface area contributed by atoms with Gasteiger partial charge in [-0.15, -0.1) is 0 Å². The van der Waals surface area contributed by atoms with E-state index >= 15 is 0 Å². The number of carboxylic acids is 1. The molecule has 1 aliphatic carbocycles. The molecule has 0 radical (unpaired) electrons. The maximum Gasteiger partial charge on any atom is 0.326 e. The second-order valence-electron chi connectivity index (χ2n) is 5.33. The lowest BCUT2D eigenvalue weighted by Crippen LogP contribution is -2.43. The lowest BCUT2D eigenvalue weighted by Gasteiger charge is -2.14. The largest absolute Gasteiger partial charge is 0.480 e. The van der Waals surface area contributed by atoms with Gasteiger partial charge in [-0.2, -0.15) is 0 Å². The summed E-state index contributed by atoms with van der Waals surface area (Å²) in [6, 6.07) is 5.23. The predicted molar refractivity (Wildman–Crippen MR) is 71.9 cm³/mol. The Balaban J connectivity index is 2.00. The molecule has 1 unspecified atom stereocenters. The summed E-state index contributed by atoms with van der Waals surface area (Å²) in [5.74, 6) is -1.04. The number of carbonyl (C=O) groups is 2. The van der Waals surface area contributed by atoms with Gasteiger partial charge in [-0.05, 0) is 43.7 Å². The number of carboxylic acid groups (broad SMARTS) is 1. The second kappa shape index (κ2) is 5.43. The molecule has 1 aromatic rings. The van der Waals surface area contributed by atoms with E-state index in [4.69, 9.17) is 5.11 Å². The average molecular weight is 261 g/mol. The minimum atomic E-state index is -0.934. The van der Waals surface area contributed by atoms with Gasteiger partial charge in [-0.25, -0.2) is 4.79 Å². The predicted octanol–water partition coefficient (Wildman–Crippen LogP) is 1.83. The Morgan fingerprint density at radius 2 is 2.05 bits per heavy atom. The van der Waals surface area contributed by atoms with E-state index in [2.05, 4.69) is 5.32 Å². The lowest BCUT2D eigenvalue weighted by atomic mass is 10.0. The molecule has 19 heavy (non-hydrogen) atoms. The molecule has 0 heterocycles. The molecule has 0 aromatic heterocycles. The quantitative estimate of drug-likeness (QED) is 0.849. The summed E-state index contributed by atoms with van der Waals surface area (Å²) in [7, 11) is 0. The molecule has 1 saturated carbocycles. The van der Waals surface area contributed by atoms with Crippen LogP contribution >= 0.6 is 0 Å². The second-order valence-corrected chi connectivity index (χ2v) is 5.33. The van der Waals surface area contributed by atoms with E-state index in [1.165, 1.54) is 0 Å². The third-order valence-corrected chi connectivity index (χ3v) is 3.53. The van der Waals surface area contributed by atoms with Crippen LogP contribution in [0.5, 0.6) is 0 Å². The van der Waals surface area contributed by atoms with Crippen LogP contribution in [0.15, 0.2) is 18.2 Å². The fraction of sp³-hybridized carbons (Fsp3) is 0.467. The number of nitrogens with one attached hydrogen (secondary N) is 1. The van der Waals surface area contributed by atoms with Crippen LogP contribution in [0.3, 0.4) is 0 Å². The first-order chi connectivity index (χ1) is 8.97. The fourth-order valence-electron chi connectivity index (χ4n) is 2.20. The first-order valence-corrected chi connectivity index (χ1v) is 6.55. The first-order valence-electron chi connectivity index (χ1n) is 6.55. The van der Waals surface area contributed by atoms with Gasteiger partial charge in [-0.1, -0.05) is 23.8 Å². The Kier molecular flexibility index (Phi) is 3.88. The highest BCUT2D eigenvalue weighted by molar-refractivity contribution is 5.85. The van der Waals surface area contributed by atoms with E-state index in [1.54, 1.807) is 0 Å². The van der Waals surface area contributed by atoms with Crippen molar-refractivity contribution in [3.8, 4) is 0 Å². The van der Waals surface area contributed by atoms with Gasteiger partial charge < -0.3 is 10.4 Å². The Bertz CT molecular complexity index is 506. The van der Waals surface area contributed by atoms with Crippen molar-refractivity contribution in [2.75, 3.05) is 0 Å². The van der Waals surface area contributed by atoms with Crippen molar-refractivity contribution < 1.29 is 14.7 Å². The van der Waals surface area contributed by atoms with E-state index < -0.39 is 12.0 Å². The number of rotatable bonds is 5. The van der Waals surface area contributed by atoms with Gasteiger partial charge in [0.2, 0.25) is 5.91 Å². The number of aliphatic carboxylic acids is 1. The molecule has 0 bridgehead atoms. The molecule has 4 nitrogen and oxygen atoms in total. The Morgan fingerprint density at radius 1 is 1.37 bits per heavy atom. The SMILES string of the molecule is Cc1ccc(C)c(CC(=O)NC(C(=O)O)C2CC2)c1. The normalized spacial score (nSPS) is 15.9. The first kappa shape index (κ1) is 13.6. The van der Waals surface area contributed by atoms with E-state index in [1.807, 2.05) is 32.0 Å². The van der Waals surface area contributed by atoms with Crippen molar-refractivity contribution >= 4 is 11.9 Å². The molecular weight excluding hydrogens is 242 g/mol. The van der Waals surface area contributed by atoms with E-state index in [9.17, 15) is 9.59 Å². The maximum absolute atomic E-state index is 11.9. The molecule has 1 atom stereocenters. The third-order valence-electron chi connectivity index (χ3n) is 3.53. The maximum atomic E-state index is 11.9. The third kappa shape index (κ3) is 3.56. The Hall–Kier alpha value is -1.84. The van der Waals surface area contributed by atoms with E-state index in [0.717, 1.165) is 29.5 Å². The summed E-state index contributed by atoms with van der Waals surface area (Å²) < 4.78 is 0. The molecule has 4 heteroatoms. The van der Waals surface area contributed by atoms with Crippen LogP contribution < -0.4 is 5.32 Å². The molecule has 0 aliphatic heterocycles. The van der Waals surface area contributed by atoms with Gasteiger partial charge in [0.1, 0.15) is 6.04 Å². The number of hydrogen-bond donors (Lipinski definition) is 2. The van der Waals surface area contributed by atoms with Crippen molar-refractivity contribution in [2.45, 2.75) is 39.2 Å². The van der Waals surface area contributed by atoms with Gasteiger partial charge in [0.05, 0.1) is 6.42 Å². The number of aryl methyl sites for hydroxylation is 2. The number of benzene rings is 1. The molecule has 0 spiro atoms. The van der Waals surface area contributed by atoms with Crippen LogP contribution in [0.2, 0.25) is 0 Å². The Labute approximate surface area is 112 Å².